The molecule has 0 spiro atoms. The van der Waals surface area contributed by atoms with Gasteiger partial charge in [-0.2, -0.15) is 0 Å². The monoisotopic (exact) mass is 228 g/mol. The lowest BCUT2D eigenvalue weighted by atomic mass is 9.76. The van der Waals surface area contributed by atoms with E-state index >= 15 is 0 Å². The molecule has 4 atom stereocenters. The molecule has 1 aliphatic rings. The number of aliphatic hydroxyl groups is 2. The summed E-state index contributed by atoms with van der Waals surface area (Å²) < 4.78 is 0. The molecule has 1 rings (SSSR count). The van der Waals surface area contributed by atoms with Crippen LogP contribution in [0.25, 0.3) is 0 Å². The zero-order chi connectivity index (χ0) is 12.0. The summed E-state index contributed by atoms with van der Waals surface area (Å²) in [5.41, 5.74) is 0. The van der Waals surface area contributed by atoms with Gasteiger partial charge in [-0.3, -0.25) is 0 Å². The average molecular weight is 228 g/mol. The summed E-state index contributed by atoms with van der Waals surface area (Å²) in [5.74, 6) is 0.522. The molecule has 1 saturated carbocycles. The largest absolute Gasteiger partial charge is 0.393 e. The third kappa shape index (κ3) is 3.74. The maximum atomic E-state index is 10.4. The highest BCUT2D eigenvalue weighted by Gasteiger charge is 2.33. The summed E-state index contributed by atoms with van der Waals surface area (Å²) in [6.45, 7) is 4.34. The van der Waals surface area contributed by atoms with Crippen molar-refractivity contribution >= 4 is 0 Å². The lowest BCUT2D eigenvalue weighted by Gasteiger charge is -2.35. The quantitative estimate of drug-likeness (QED) is 0.733. The third-order valence-corrected chi connectivity index (χ3v) is 4.16. The lowest BCUT2D eigenvalue weighted by Crippen LogP contribution is -2.38. The highest BCUT2D eigenvalue weighted by atomic mass is 16.3. The lowest BCUT2D eigenvalue weighted by molar-refractivity contribution is -0.0417. The van der Waals surface area contributed by atoms with E-state index in [1.54, 1.807) is 0 Å². The minimum Gasteiger partial charge on any atom is -0.393 e. The van der Waals surface area contributed by atoms with Crippen LogP contribution in [-0.4, -0.2) is 22.4 Å². The average Bonchev–Trinajstić information content (AvgIpc) is 2.30. The molecule has 0 aromatic carbocycles. The number of unbranched alkanes of at least 4 members (excludes halogenated alkanes) is 1. The van der Waals surface area contributed by atoms with Gasteiger partial charge < -0.3 is 10.2 Å². The fourth-order valence-electron chi connectivity index (χ4n) is 2.97. The Bertz CT molecular complexity index is 182. The highest BCUT2D eigenvalue weighted by molar-refractivity contribution is 4.83. The minimum absolute atomic E-state index is 0.135. The molecule has 1 aliphatic carbocycles. The smallest absolute Gasteiger partial charge is 0.0621 e. The van der Waals surface area contributed by atoms with Crippen molar-refractivity contribution in [2.75, 3.05) is 0 Å². The van der Waals surface area contributed by atoms with Crippen molar-refractivity contribution in [1.29, 1.82) is 0 Å². The second-order valence-electron chi connectivity index (χ2n) is 5.32. The van der Waals surface area contributed by atoms with Crippen molar-refractivity contribution in [3.8, 4) is 0 Å². The molecule has 2 nitrogen and oxygen atoms in total. The Morgan fingerprint density at radius 3 is 2.44 bits per heavy atom. The van der Waals surface area contributed by atoms with Crippen LogP contribution in [0, 0.1) is 11.8 Å². The van der Waals surface area contributed by atoms with Gasteiger partial charge in [0.05, 0.1) is 12.2 Å². The van der Waals surface area contributed by atoms with Gasteiger partial charge in [0.1, 0.15) is 0 Å². The van der Waals surface area contributed by atoms with Crippen molar-refractivity contribution in [2.45, 2.75) is 77.4 Å². The fraction of sp³-hybridized carbons (Fsp3) is 1.00. The number of aliphatic hydroxyl groups excluding tert-OH is 2. The Kier molecular flexibility index (Phi) is 6.37. The van der Waals surface area contributed by atoms with Crippen LogP contribution in [0.2, 0.25) is 0 Å². The first-order chi connectivity index (χ1) is 7.70. The van der Waals surface area contributed by atoms with Gasteiger partial charge in [0, 0.05) is 5.92 Å². The predicted molar refractivity (Wildman–Crippen MR) is 67.3 cm³/mol. The van der Waals surface area contributed by atoms with Gasteiger partial charge in [-0.25, -0.2) is 0 Å². The van der Waals surface area contributed by atoms with Gasteiger partial charge in [-0.15, -0.1) is 0 Å². The molecule has 2 heteroatoms. The second-order valence-corrected chi connectivity index (χ2v) is 5.32. The molecule has 0 heterocycles. The van der Waals surface area contributed by atoms with E-state index in [-0.39, 0.29) is 18.1 Å². The van der Waals surface area contributed by atoms with E-state index in [9.17, 15) is 10.2 Å². The van der Waals surface area contributed by atoms with E-state index in [0.717, 1.165) is 32.1 Å². The van der Waals surface area contributed by atoms with Crippen molar-refractivity contribution in [3.63, 3.8) is 0 Å². The standard InChI is InChI=1S/C14H28O2/c1-3-5-8-11(4-2)14(16)12-9-6-7-10-13(12)15/h11-16H,3-10H2,1-2H3/t11-,12+,13-,14-/m0/s1. The maximum Gasteiger partial charge on any atom is 0.0621 e. The first kappa shape index (κ1) is 14.0. The van der Waals surface area contributed by atoms with Crippen LogP contribution in [-0.2, 0) is 0 Å². The summed E-state index contributed by atoms with van der Waals surface area (Å²) in [5, 5.41) is 20.3. The van der Waals surface area contributed by atoms with Crippen molar-refractivity contribution in [2.24, 2.45) is 11.8 Å². The first-order valence-corrected chi connectivity index (χ1v) is 7.06. The molecule has 0 radical (unpaired) electrons. The van der Waals surface area contributed by atoms with Crippen LogP contribution in [0.4, 0.5) is 0 Å². The number of hydrogen-bond donors (Lipinski definition) is 2. The van der Waals surface area contributed by atoms with Crippen LogP contribution in [0.15, 0.2) is 0 Å². The van der Waals surface area contributed by atoms with Crippen molar-refractivity contribution in [1.82, 2.24) is 0 Å². The normalized spacial score (nSPS) is 30.0. The van der Waals surface area contributed by atoms with Gasteiger partial charge in [0.2, 0.25) is 0 Å². The van der Waals surface area contributed by atoms with E-state index in [0.29, 0.717) is 5.92 Å². The molecule has 0 amide bonds. The summed E-state index contributed by atoms with van der Waals surface area (Å²) >= 11 is 0. The Labute approximate surface area is 100 Å². The van der Waals surface area contributed by atoms with Gasteiger partial charge in [-0.05, 0) is 25.2 Å². The van der Waals surface area contributed by atoms with E-state index in [1.807, 2.05) is 0 Å². The summed E-state index contributed by atoms with van der Waals surface area (Å²) in [7, 11) is 0. The van der Waals surface area contributed by atoms with Crippen LogP contribution in [0.1, 0.15) is 65.2 Å². The van der Waals surface area contributed by atoms with Gasteiger partial charge >= 0.3 is 0 Å². The molecule has 0 saturated heterocycles. The van der Waals surface area contributed by atoms with E-state index in [2.05, 4.69) is 13.8 Å². The second kappa shape index (κ2) is 7.29. The van der Waals surface area contributed by atoms with Crippen LogP contribution >= 0.6 is 0 Å². The molecule has 0 aromatic heterocycles. The predicted octanol–water partition coefficient (Wildman–Crippen LogP) is 3.11. The SMILES string of the molecule is CCCC[C@H](CC)[C@H](O)[C@@H]1CCCC[C@@H]1O. The molecule has 2 N–H and O–H groups in total. The van der Waals surface area contributed by atoms with Crippen LogP contribution in [0.5, 0.6) is 0 Å². The summed E-state index contributed by atoms with van der Waals surface area (Å²) in [4.78, 5) is 0. The highest BCUT2D eigenvalue weighted by Crippen LogP contribution is 2.32. The van der Waals surface area contributed by atoms with Gasteiger partial charge in [0.15, 0.2) is 0 Å². The molecule has 0 bridgehead atoms. The Morgan fingerprint density at radius 2 is 1.88 bits per heavy atom. The topological polar surface area (TPSA) is 40.5 Å². The molecule has 1 fully saturated rings. The Hall–Kier alpha value is -0.0800. The Balaban J connectivity index is 2.47. The van der Waals surface area contributed by atoms with E-state index in [4.69, 9.17) is 0 Å². The molecular weight excluding hydrogens is 200 g/mol. The molecule has 96 valence electrons. The number of hydrogen-bond acceptors (Lipinski definition) is 2. The fourth-order valence-corrected chi connectivity index (χ4v) is 2.97. The van der Waals surface area contributed by atoms with E-state index in [1.165, 1.54) is 19.3 Å². The summed E-state index contributed by atoms with van der Waals surface area (Å²) in [6.07, 6.45) is 8.15. The molecular formula is C14H28O2. The van der Waals surface area contributed by atoms with Crippen molar-refractivity contribution in [3.05, 3.63) is 0 Å². The van der Waals surface area contributed by atoms with Gasteiger partial charge in [-0.1, -0.05) is 46.0 Å². The molecule has 16 heavy (non-hydrogen) atoms. The van der Waals surface area contributed by atoms with Gasteiger partial charge in [0.25, 0.3) is 0 Å². The first-order valence-electron chi connectivity index (χ1n) is 7.06. The van der Waals surface area contributed by atoms with Crippen molar-refractivity contribution < 1.29 is 10.2 Å². The number of rotatable bonds is 6. The third-order valence-electron chi connectivity index (χ3n) is 4.16. The summed E-state index contributed by atoms with van der Waals surface area (Å²) in [6, 6.07) is 0. The zero-order valence-corrected chi connectivity index (χ0v) is 10.9. The molecule has 0 unspecified atom stereocenters. The molecule has 0 aromatic rings. The van der Waals surface area contributed by atoms with E-state index < -0.39 is 0 Å². The minimum atomic E-state index is -0.285. The van der Waals surface area contributed by atoms with Crippen LogP contribution < -0.4 is 0 Å². The molecule has 0 aliphatic heterocycles. The van der Waals surface area contributed by atoms with Crippen LogP contribution in [0.3, 0.4) is 0 Å². The Morgan fingerprint density at radius 1 is 1.19 bits per heavy atom. The maximum absolute atomic E-state index is 10.4. The zero-order valence-electron chi connectivity index (χ0n) is 10.9.